The molecule has 0 aliphatic carbocycles. The largest absolute Gasteiger partial charge is 0.378 e. The molecule has 7 nitrogen and oxygen atoms in total. The van der Waals surface area contributed by atoms with E-state index < -0.39 is 11.8 Å². The fourth-order valence-corrected chi connectivity index (χ4v) is 3.41. The van der Waals surface area contributed by atoms with Crippen molar-refractivity contribution in [1.29, 1.82) is 0 Å². The summed E-state index contributed by atoms with van der Waals surface area (Å²) < 4.78 is 5.23. The monoisotopic (exact) mass is 385 g/mol. The Labute approximate surface area is 160 Å². The number of nitrogens with one attached hydrogen (secondary N) is 1. The Hall–Kier alpha value is -2.90. The molecule has 2 aromatic rings. The Balaban J connectivity index is 1.55. The van der Waals surface area contributed by atoms with Gasteiger partial charge in [-0.2, -0.15) is 0 Å². The molecule has 0 radical (unpaired) electrons. The van der Waals surface area contributed by atoms with E-state index in [0.717, 1.165) is 4.90 Å². The lowest BCUT2D eigenvalue weighted by atomic mass is 10.1. The van der Waals surface area contributed by atoms with Gasteiger partial charge in [0.15, 0.2) is 0 Å². The van der Waals surface area contributed by atoms with Crippen LogP contribution in [0.15, 0.2) is 42.5 Å². The zero-order valence-electron chi connectivity index (χ0n) is 14.3. The van der Waals surface area contributed by atoms with Crippen LogP contribution >= 0.6 is 11.6 Å². The molecule has 2 aliphatic heterocycles. The third-order valence-electron chi connectivity index (χ3n) is 4.53. The van der Waals surface area contributed by atoms with Gasteiger partial charge < -0.3 is 15.0 Å². The van der Waals surface area contributed by atoms with Crippen molar-refractivity contribution >= 4 is 40.8 Å². The SMILES string of the molecule is O=C(Nc1ccc(N2C(=O)c3ccccc3C2=O)c(Cl)c1)N1CCOCC1. The van der Waals surface area contributed by atoms with Crippen LogP contribution in [0.2, 0.25) is 5.02 Å². The van der Waals surface area contributed by atoms with E-state index in [1.54, 1.807) is 41.3 Å². The summed E-state index contributed by atoms with van der Waals surface area (Å²) in [6, 6.07) is 11.1. The minimum absolute atomic E-state index is 0.198. The number of hydrogen-bond acceptors (Lipinski definition) is 4. The number of imide groups is 1. The molecule has 0 spiro atoms. The van der Waals surface area contributed by atoms with Crippen molar-refractivity contribution in [2.24, 2.45) is 0 Å². The number of anilines is 2. The molecule has 2 heterocycles. The van der Waals surface area contributed by atoms with E-state index in [9.17, 15) is 14.4 Å². The number of morpholine rings is 1. The number of ether oxygens (including phenoxy) is 1. The molecule has 1 N–H and O–H groups in total. The van der Waals surface area contributed by atoms with Crippen LogP contribution in [-0.2, 0) is 4.74 Å². The molecule has 4 rings (SSSR count). The quantitative estimate of drug-likeness (QED) is 0.806. The maximum Gasteiger partial charge on any atom is 0.322 e. The normalized spacial score (nSPS) is 16.5. The smallest absolute Gasteiger partial charge is 0.322 e. The minimum atomic E-state index is -0.414. The average Bonchev–Trinajstić information content (AvgIpc) is 2.94. The first-order chi connectivity index (χ1) is 13.1. The van der Waals surface area contributed by atoms with E-state index in [-0.39, 0.29) is 16.7 Å². The molecule has 1 saturated heterocycles. The summed E-state index contributed by atoms with van der Waals surface area (Å²) in [6.07, 6.45) is 0. The number of benzene rings is 2. The highest BCUT2D eigenvalue weighted by atomic mass is 35.5. The van der Waals surface area contributed by atoms with Crippen molar-refractivity contribution in [1.82, 2.24) is 4.90 Å². The fraction of sp³-hybridized carbons (Fsp3) is 0.211. The standard InChI is InChI=1S/C19H16ClN3O4/c20-15-11-12(21-19(26)22-7-9-27-10-8-22)5-6-16(15)23-17(24)13-3-1-2-4-14(13)18(23)25/h1-6,11H,7-10H2,(H,21,26). The molecule has 138 valence electrons. The maximum absolute atomic E-state index is 12.6. The van der Waals surface area contributed by atoms with Gasteiger partial charge in [0.2, 0.25) is 0 Å². The predicted octanol–water partition coefficient (Wildman–Crippen LogP) is 3.00. The Morgan fingerprint density at radius 1 is 1.00 bits per heavy atom. The molecule has 2 aromatic carbocycles. The number of carbonyl (C=O) groups excluding carboxylic acids is 3. The Morgan fingerprint density at radius 3 is 2.22 bits per heavy atom. The van der Waals surface area contributed by atoms with Gasteiger partial charge in [0, 0.05) is 18.8 Å². The third-order valence-corrected chi connectivity index (χ3v) is 4.83. The lowest BCUT2D eigenvalue weighted by Crippen LogP contribution is -2.43. The number of hydrogen-bond donors (Lipinski definition) is 1. The van der Waals surface area contributed by atoms with E-state index in [4.69, 9.17) is 16.3 Å². The van der Waals surface area contributed by atoms with E-state index in [2.05, 4.69) is 5.32 Å². The Kier molecular flexibility index (Phi) is 4.55. The van der Waals surface area contributed by atoms with E-state index in [1.165, 1.54) is 6.07 Å². The van der Waals surface area contributed by atoms with Crippen LogP contribution in [0, 0.1) is 0 Å². The summed E-state index contributed by atoms with van der Waals surface area (Å²) in [6.45, 7) is 2.05. The molecule has 0 aromatic heterocycles. The molecule has 0 atom stereocenters. The van der Waals surface area contributed by atoms with Gasteiger partial charge in [0.05, 0.1) is 35.1 Å². The second-order valence-corrected chi connectivity index (χ2v) is 6.59. The summed E-state index contributed by atoms with van der Waals surface area (Å²) >= 11 is 6.32. The van der Waals surface area contributed by atoms with Gasteiger partial charge >= 0.3 is 6.03 Å². The molecule has 8 heteroatoms. The summed E-state index contributed by atoms with van der Waals surface area (Å²) in [7, 11) is 0. The summed E-state index contributed by atoms with van der Waals surface area (Å²) in [5, 5.41) is 2.97. The second kappa shape index (κ2) is 7.02. The van der Waals surface area contributed by atoms with Crippen LogP contribution in [0.4, 0.5) is 16.2 Å². The lowest BCUT2D eigenvalue weighted by Gasteiger charge is -2.27. The number of halogens is 1. The third kappa shape index (κ3) is 3.15. The molecule has 27 heavy (non-hydrogen) atoms. The van der Waals surface area contributed by atoms with Crippen LogP contribution < -0.4 is 10.2 Å². The lowest BCUT2D eigenvalue weighted by molar-refractivity contribution is 0.0564. The molecule has 0 bridgehead atoms. The number of fused-ring (bicyclic) bond motifs is 1. The zero-order valence-corrected chi connectivity index (χ0v) is 15.0. The van der Waals surface area contributed by atoms with Crippen molar-refractivity contribution < 1.29 is 19.1 Å². The van der Waals surface area contributed by atoms with Crippen molar-refractivity contribution in [3.8, 4) is 0 Å². The number of carbonyl (C=O) groups is 3. The molecule has 4 amide bonds. The van der Waals surface area contributed by atoms with Gasteiger partial charge in [-0.3, -0.25) is 9.59 Å². The Bertz CT molecular complexity index is 905. The molecule has 1 fully saturated rings. The summed E-state index contributed by atoms with van der Waals surface area (Å²) in [4.78, 5) is 40.1. The second-order valence-electron chi connectivity index (χ2n) is 6.19. The van der Waals surface area contributed by atoms with Gasteiger partial charge in [-0.25, -0.2) is 9.69 Å². The van der Waals surface area contributed by atoms with Gasteiger partial charge in [-0.15, -0.1) is 0 Å². The van der Waals surface area contributed by atoms with E-state index >= 15 is 0 Å². The molecular formula is C19H16ClN3O4. The topological polar surface area (TPSA) is 79.0 Å². The average molecular weight is 386 g/mol. The highest BCUT2D eigenvalue weighted by molar-refractivity contribution is 6.40. The number of rotatable bonds is 2. The van der Waals surface area contributed by atoms with Gasteiger partial charge in [-0.1, -0.05) is 23.7 Å². The first-order valence-electron chi connectivity index (χ1n) is 8.47. The zero-order chi connectivity index (χ0) is 19.0. The van der Waals surface area contributed by atoms with Crippen LogP contribution in [0.3, 0.4) is 0 Å². The first-order valence-corrected chi connectivity index (χ1v) is 8.85. The van der Waals surface area contributed by atoms with Crippen LogP contribution in [0.25, 0.3) is 0 Å². The van der Waals surface area contributed by atoms with Crippen molar-refractivity contribution in [3.05, 3.63) is 58.6 Å². The Morgan fingerprint density at radius 2 is 1.63 bits per heavy atom. The van der Waals surface area contributed by atoms with Crippen LogP contribution in [-0.4, -0.2) is 49.0 Å². The van der Waals surface area contributed by atoms with Crippen molar-refractivity contribution in [2.45, 2.75) is 0 Å². The molecule has 0 unspecified atom stereocenters. The molecular weight excluding hydrogens is 370 g/mol. The van der Waals surface area contributed by atoms with Gasteiger partial charge in [-0.05, 0) is 30.3 Å². The van der Waals surface area contributed by atoms with E-state index in [1.807, 2.05) is 0 Å². The van der Waals surface area contributed by atoms with Gasteiger partial charge in [0.1, 0.15) is 0 Å². The fourth-order valence-electron chi connectivity index (χ4n) is 3.14. The highest BCUT2D eigenvalue weighted by Crippen LogP contribution is 2.34. The van der Waals surface area contributed by atoms with E-state index in [0.29, 0.717) is 43.1 Å². The van der Waals surface area contributed by atoms with Crippen LogP contribution in [0.5, 0.6) is 0 Å². The number of nitrogens with zero attached hydrogens (tertiary/aromatic N) is 2. The first kappa shape index (κ1) is 17.5. The number of urea groups is 1. The van der Waals surface area contributed by atoms with Crippen molar-refractivity contribution in [2.75, 3.05) is 36.5 Å². The maximum atomic E-state index is 12.6. The predicted molar refractivity (Wildman–Crippen MR) is 100 cm³/mol. The summed E-state index contributed by atoms with van der Waals surface area (Å²) in [5.74, 6) is -0.829. The van der Waals surface area contributed by atoms with Crippen LogP contribution in [0.1, 0.15) is 20.7 Å². The highest BCUT2D eigenvalue weighted by Gasteiger charge is 2.37. The molecule has 0 saturated carbocycles. The van der Waals surface area contributed by atoms with Gasteiger partial charge in [0.25, 0.3) is 11.8 Å². The number of amides is 4. The minimum Gasteiger partial charge on any atom is -0.378 e. The summed E-state index contributed by atoms with van der Waals surface area (Å²) in [5.41, 5.74) is 1.47. The van der Waals surface area contributed by atoms with Crippen molar-refractivity contribution in [3.63, 3.8) is 0 Å². The molecule has 2 aliphatic rings.